The summed E-state index contributed by atoms with van der Waals surface area (Å²) < 4.78 is 4.97. The number of nitrogens with one attached hydrogen (secondary N) is 1. The molecule has 0 aliphatic carbocycles. The van der Waals surface area contributed by atoms with Gasteiger partial charge < -0.3 is 10.1 Å². The van der Waals surface area contributed by atoms with Crippen molar-refractivity contribution in [2.45, 2.75) is 19.2 Å². The molecule has 1 aromatic rings. The number of nitrogens with zero attached hydrogens (tertiary/aromatic N) is 1. The summed E-state index contributed by atoms with van der Waals surface area (Å²) in [6, 6.07) is 0. The van der Waals surface area contributed by atoms with Gasteiger partial charge in [0.25, 0.3) is 0 Å². The second-order valence-corrected chi connectivity index (χ2v) is 4.72. The number of aromatic nitrogens is 1. The molecule has 1 rings (SSSR count). The highest BCUT2D eigenvalue weighted by molar-refractivity contribution is 7.13. The largest absolute Gasteiger partial charge is 0.384 e. The number of anilines is 1. The number of methoxy groups -OCH3 is 1. The van der Waals surface area contributed by atoms with E-state index in [1.807, 2.05) is 12.3 Å². The number of hydrogen-bond donors (Lipinski definition) is 1. The predicted molar refractivity (Wildman–Crippen MR) is 66.0 cm³/mol. The SMILES string of the molecule is COCC(C)CC(=O)Nc1nc(CCl)cs1. The molecule has 0 saturated carbocycles. The van der Waals surface area contributed by atoms with Gasteiger partial charge in [-0.05, 0) is 5.92 Å². The molecule has 0 saturated heterocycles. The van der Waals surface area contributed by atoms with Crippen molar-refractivity contribution < 1.29 is 9.53 Å². The first kappa shape index (κ1) is 13.4. The number of halogens is 1. The lowest BCUT2D eigenvalue weighted by Gasteiger charge is -2.08. The summed E-state index contributed by atoms with van der Waals surface area (Å²) in [5.41, 5.74) is 0.784. The number of carbonyl (C=O) groups excluding carboxylic acids is 1. The van der Waals surface area contributed by atoms with E-state index in [1.54, 1.807) is 7.11 Å². The summed E-state index contributed by atoms with van der Waals surface area (Å²) in [4.78, 5) is 15.7. The van der Waals surface area contributed by atoms with E-state index in [0.29, 0.717) is 24.0 Å². The van der Waals surface area contributed by atoms with Crippen molar-refractivity contribution in [3.05, 3.63) is 11.1 Å². The minimum absolute atomic E-state index is 0.0416. The summed E-state index contributed by atoms with van der Waals surface area (Å²) in [5.74, 6) is 0.532. The molecule has 0 bridgehead atoms. The molecule has 6 heteroatoms. The Bertz CT molecular complexity index is 343. The maximum absolute atomic E-state index is 11.6. The second kappa shape index (κ2) is 6.83. The van der Waals surface area contributed by atoms with Crippen LogP contribution in [0.25, 0.3) is 0 Å². The van der Waals surface area contributed by atoms with E-state index in [1.165, 1.54) is 11.3 Å². The third-order valence-electron chi connectivity index (χ3n) is 1.92. The lowest BCUT2D eigenvalue weighted by atomic mass is 10.1. The number of amides is 1. The van der Waals surface area contributed by atoms with Gasteiger partial charge in [0.15, 0.2) is 5.13 Å². The number of ether oxygens (including phenoxy) is 1. The van der Waals surface area contributed by atoms with E-state index < -0.39 is 0 Å². The minimum Gasteiger partial charge on any atom is -0.384 e. The molecule has 0 aliphatic rings. The van der Waals surface area contributed by atoms with Crippen LogP contribution >= 0.6 is 22.9 Å². The highest BCUT2D eigenvalue weighted by atomic mass is 35.5. The van der Waals surface area contributed by atoms with Crippen LogP contribution in [0, 0.1) is 5.92 Å². The molecular formula is C10H15ClN2O2S. The molecule has 1 unspecified atom stereocenters. The lowest BCUT2D eigenvalue weighted by molar-refractivity contribution is -0.117. The number of alkyl halides is 1. The van der Waals surface area contributed by atoms with Crippen LogP contribution < -0.4 is 5.32 Å². The van der Waals surface area contributed by atoms with Gasteiger partial charge in [-0.2, -0.15) is 0 Å². The van der Waals surface area contributed by atoms with Gasteiger partial charge in [0, 0.05) is 25.5 Å². The van der Waals surface area contributed by atoms with Crippen molar-refractivity contribution in [1.82, 2.24) is 4.98 Å². The van der Waals surface area contributed by atoms with Crippen LogP contribution in [0.4, 0.5) is 5.13 Å². The van der Waals surface area contributed by atoms with Crippen molar-refractivity contribution in [3.63, 3.8) is 0 Å². The van der Waals surface area contributed by atoms with Crippen LogP contribution in [0.1, 0.15) is 19.0 Å². The topological polar surface area (TPSA) is 51.2 Å². The third-order valence-corrected chi connectivity index (χ3v) is 3.00. The Hall–Kier alpha value is -0.650. The molecule has 16 heavy (non-hydrogen) atoms. The molecule has 1 N–H and O–H groups in total. The van der Waals surface area contributed by atoms with E-state index in [4.69, 9.17) is 16.3 Å². The van der Waals surface area contributed by atoms with Crippen molar-refractivity contribution in [3.8, 4) is 0 Å². The fourth-order valence-corrected chi connectivity index (χ4v) is 2.21. The number of thiazole rings is 1. The van der Waals surface area contributed by atoms with Gasteiger partial charge in [-0.3, -0.25) is 4.79 Å². The Labute approximate surface area is 104 Å². The number of rotatable bonds is 6. The van der Waals surface area contributed by atoms with E-state index in [2.05, 4.69) is 10.3 Å². The fourth-order valence-electron chi connectivity index (χ4n) is 1.26. The molecule has 1 aromatic heterocycles. The Morgan fingerprint density at radius 2 is 2.50 bits per heavy atom. The van der Waals surface area contributed by atoms with Gasteiger partial charge in [0.2, 0.25) is 5.91 Å². The zero-order valence-corrected chi connectivity index (χ0v) is 10.9. The molecule has 1 amide bonds. The van der Waals surface area contributed by atoms with Crippen LogP contribution in [0.5, 0.6) is 0 Å². The molecule has 0 spiro atoms. The monoisotopic (exact) mass is 262 g/mol. The first-order valence-corrected chi connectivity index (χ1v) is 6.36. The van der Waals surface area contributed by atoms with Gasteiger partial charge in [-0.25, -0.2) is 4.98 Å². The molecule has 0 aliphatic heterocycles. The summed E-state index contributed by atoms with van der Waals surface area (Å²) in [5, 5.41) is 5.18. The first-order valence-electron chi connectivity index (χ1n) is 4.94. The van der Waals surface area contributed by atoms with Crippen LogP contribution in [0.2, 0.25) is 0 Å². The maximum Gasteiger partial charge on any atom is 0.226 e. The molecule has 1 heterocycles. The zero-order chi connectivity index (χ0) is 12.0. The Morgan fingerprint density at radius 1 is 1.75 bits per heavy atom. The number of carbonyl (C=O) groups is 1. The van der Waals surface area contributed by atoms with E-state index in [9.17, 15) is 4.79 Å². The van der Waals surface area contributed by atoms with E-state index in [0.717, 1.165) is 5.69 Å². The van der Waals surface area contributed by atoms with E-state index >= 15 is 0 Å². The van der Waals surface area contributed by atoms with Gasteiger partial charge in [-0.1, -0.05) is 6.92 Å². The van der Waals surface area contributed by atoms with Gasteiger partial charge >= 0.3 is 0 Å². The molecule has 1 atom stereocenters. The fraction of sp³-hybridized carbons (Fsp3) is 0.600. The normalized spacial score (nSPS) is 12.4. The number of hydrogen-bond acceptors (Lipinski definition) is 4. The van der Waals surface area contributed by atoms with Crippen LogP contribution in [-0.4, -0.2) is 24.6 Å². The van der Waals surface area contributed by atoms with Crippen molar-refractivity contribution in [1.29, 1.82) is 0 Å². The quantitative estimate of drug-likeness (QED) is 0.802. The third kappa shape index (κ3) is 4.47. The summed E-state index contributed by atoms with van der Waals surface area (Å²) in [6.45, 7) is 2.55. The molecule has 4 nitrogen and oxygen atoms in total. The smallest absolute Gasteiger partial charge is 0.226 e. The molecular weight excluding hydrogens is 248 g/mol. The average Bonchev–Trinajstić information content (AvgIpc) is 2.65. The first-order chi connectivity index (χ1) is 7.65. The zero-order valence-electron chi connectivity index (χ0n) is 9.33. The van der Waals surface area contributed by atoms with Crippen molar-refractivity contribution >= 4 is 34.0 Å². The second-order valence-electron chi connectivity index (χ2n) is 3.59. The Kier molecular flexibility index (Phi) is 5.73. The molecule has 0 aromatic carbocycles. The summed E-state index contributed by atoms with van der Waals surface area (Å²) in [6.07, 6.45) is 0.434. The molecule has 0 radical (unpaired) electrons. The molecule has 0 fully saturated rings. The maximum atomic E-state index is 11.6. The predicted octanol–water partition coefficient (Wildman–Crippen LogP) is 2.49. The van der Waals surface area contributed by atoms with Crippen molar-refractivity contribution in [2.24, 2.45) is 5.92 Å². The van der Waals surface area contributed by atoms with Crippen LogP contribution in [0.15, 0.2) is 5.38 Å². The Balaban J connectivity index is 2.39. The van der Waals surface area contributed by atoms with E-state index in [-0.39, 0.29) is 11.8 Å². The summed E-state index contributed by atoms with van der Waals surface area (Å²) in [7, 11) is 1.63. The minimum atomic E-state index is -0.0416. The highest BCUT2D eigenvalue weighted by Gasteiger charge is 2.10. The van der Waals surface area contributed by atoms with Crippen molar-refractivity contribution in [2.75, 3.05) is 19.0 Å². The average molecular weight is 263 g/mol. The Morgan fingerprint density at radius 3 is 3.06 bits per heavy atom. The standard InChI is InChI=1S/C10H15ClN2O2S/c1-7(5-15-2)3-9(14)13-10-12-8(4-11)6-16-10/h6-7H,3-5H2,1-2H3,(H,12,13,14). The van der Waals surface area contributed by atoms with Gasteiger partial charge in [0.1, 0.15) is 0 Å². The molecule has 90 valence electrons. The van der Waals surface area contributed by atoms with Gasteiger partial charge in [-0.15, -0.1) is 22.9 Å². The lowest BCUT2D eigenvalue weighted by Crippen LogP contribution is -2.17. The highest BCUT2D eigenvalue weighted by Crippen LogP contribution is 2.17. The van der Waals surface area contributed by atoms with Crippen LogP contribution in [-0.2, 0) is 15.4 Å². The summed E-state index contributed by atoms with van der Waals surface area (Å²) >= 11 is 7.00. The van der Waals surface area contributed by atoms with Crippen LogP contribution in [0.3, 0.4) is 0 Å². The van der Waals surface area contributed by atoms with Gasteiger partial charge in [0.05, 0.1) is 11.6 Å².